The quantitative estimate of drug-likeness (QED) is 0.567. The van der Waals surface area contributed by atoms with Crippen LogP contribution in [0.2, 0.25) is 20.1 Å². The first-order valence-electron chi connectivity index (χ1n) is 2.41. The summed E-state index contributed by atoms with van der Waals surface area (Å²) in [5, 5.41) is 1.65. The van der Waals surface area contributed by atoms with Crippen LogP contribution in [0.15, 0.2) is 12.1 Å². The fraction of sp³-hybridized carbons (Fsp3) is 0. The lowest BCUT2D eigenvalue weighted by Crippen LogP contribution is -1.70. The summed E-state index contributed by atoms with van der Waals surface area (Å²) in [4.78, 5) is 0. The molecule has 0 atom stereocenters. The molecule has 1 rings (SSSR count). The third-order valence-corrected chi connectivity index (χ3v) is 2.41. The first-order valence-corrected chi connectivity index (χ1v) is 3.92. The minimum atomic E-state index is 0.413. The van der Waals surface area contributed by atoms with Crippen molar-refractivity contribution in [2.45, 2.75) is 0 Å². The highest BCUT2D eigenvalue weighted by Gasteiger charge is 2.02. The molecular weight excluding hydrogens is 214 g/mol. The maximum Gasteiger partial charge on any atom is 0.0608 e. The lowest BCUT2D eigenvalue weighted by atomic mass is 10.4. The Morgan fingerprint density at radius 3 is 1.00 bits per heavy atom. The van der Waals surface area contributed by atoms with Gasteiger partial charge in [-0.1, -0.05) is 46.4 Å². The van der Waals surface area contributed by atoms with E-state index in [4.69, 9.17) is 46.4 Å². The Labute approximate surface area is 78.6 Å². The zero-order valence-electron chi connectivity index (χ0n) is 4.67. The highest BCUT2D eigenvalue weighted by atomic mass is 35.5. The van der Waals surface area contributed by atoms with Crippen molar-refractivity contribution in [1.29, 1.82) is 0 Å². The van der Waals surface area contributed by atoms with Crippen LogP contribution >= 0.6 is 46.4 Å². The molecule has 1 aromatic carbocycles. The van der Waals surface area contributed by atoms with Gasteiger partial charge in [0.25, 0.3) is 0 Å². The summed E-state index contributed by atoms with van der Waals surface area (Å²) in [6, 6.07) is 3.02. The van der Waals surface area contributed by atoms with Gasteiger partial charge >= 0.3 is 0 Å². The number of halogens is 4. The van der Waals surface area contributed by atoms with Crippen LogP contribution in [-0.4, -0.2) is 0 Å². The van der Waals surface area contributed by atoms with Gasteiger partial charge in [-0.15, -0.1) is 0 Å². The van der Waals surface area contributed by atoms with E-state index in [1.54, 1.807) is 0 Å². The van der Waals surface area contributed by atoms with Crippen molar-refractivity contribution in [3.05, 3.63) is 32.2 Å². The lowest BCUT2D eigenvalue weighted by Gasteiger charge is -1.97. The molecule has 0 bridgehead atoms. The van der Waals surface area contributed by atoms with E-state index in [9.17, 15) is 0 Å². The Kier molecular flexibility index (Phi) is 2.70. The standard InChI is InChI=1S/C6H2Cl4/c7-3-1-4(8)6(10)2-5(3)9/h1-2H. The summed E-state index contributed by atoms with van der Waals surface area (Å²) < 4.78 is 0. The molecule has 10 heavy (non-hydrogen) atoms. The molecule has 0 N–H and O–H groups in total. The Morgan fingerprint density at radius 1 is 0.600 bits per heavy atom. The van der Waals surface area contributed by atoms with Gasteiger partial charge in [-0.25, -0.2) is 0 Å². The molecule has 4 heteroatoms. The van der Waals surface area contributed by atoms with Crippen LogP contribution < -0.4 is 0 Å². The Morgan fingerprint density at radius 2 is 0.800 bits per heavy atom. The average Bonchev–Trinajstić information content (AvgIpc) is 1.84. The van der Waals surface area contributed by atoms with Crippen molar-refractivity contribution in [3.8, 4) is 0 Å². The van der Waals surface area contributed by atoms with E-state index >= 15 is 0 Å². The minimum absolute atomic E-state index is 0.413. The van der Waals surface area contributed by atoms with Crippen LogP contribution in [0.3, 0.4) is 0 Å². The average molecular weight is 216 g/mol. The van der Waals surface area contributed by atoms with Crippen molar-refractivity contribution in [2.24, 2.45) is 0 Å². The molecule has 54 valence electrons. The summed E-state index contributed by atoms with van der Waals surface area (Å²) in [5.74, 6) is 0. The molecule has 0 saturated carbocycles. The van der Waals surface area contributed by atoms with Crippen molar-refractivity contribution < 1.29 is 0 Å². The monoisotopic (exact) mass is 214 g/mol. The molecule has 0 radical (unpaired) electrons. The summed E-state index contributed by atoms with van der Waals surface area (Å²) in [7, 11) is 0. The van der Waals surface area contributed by atoms with Gasteiger partial charge < -0.3 is 0 Å². The van der Waals surface area contributed by atoms with Crippen molar-refractivity contribution in [1.82, 2.24) is 0 Å². The maximum absolute atomic E-state index is 5.61. The summed E-state index contributed by atoms with van der Waals surface area (Å²) in [6.07, 6.45) is 0. The van der Waals surface area contributed by atoms with Crippen molar-refractivity contribution >= 4 is 46.4 Å². The zero-order valence-corrected chi connectivity index (χ0v) is 7.69. The molecular formula is C6H2Cl4. The Bertz CT molecular complexity index is 206. The van der Waals surface area contributed by atoms with Crippen LogP contribution in [0, 0.1) is 0 Å². The molecule has 0 saturated heterocycles. The molecule has 0 aromatic heterocycles. The van der Waals surface area contributed by atoms with Gasteiger partial charge in [0, 0.05) is 0 Å². The smallest absolute Gasteiger partial charge is 0.0608 e. The van der Waals surface area contributed by atoms with Gasteiger partial charge in [-0.3, -0.25) is 0 Å². The van der Waals surface area contributed by atoms with E-state index in [1.165, 1.54) is 12.1 Å². The molecule has 1 aromatic rings. The third-order valence-electron chi connectivity index (χ3n) is 0.963. The van der Waals surface area contributed by atoms with Gasteiger partial charge in [-0.2, -0.15) is 0 Å². The van der Waals surface area contributed by atoms with Crippen molar-refractivity contribution in [2.75, 3.05) is 0 Å². The Balaban J connectivity index is 3.28. The molecule has 0 nitrogen and oxygen atoms in total. The fourth-order valence-corrected chi connectivity index (χ4v) is 1.26. The SMILES string of the molecule is Clc1cc(Cl)c(Cl)cc1Cl. The summed E-state index contributed by atoms with van der Waals surface area (Å²) in [5.41, 5.74) is 0. The lowest BCUT2D eigenvalue weighted by molar-refractivity contribution is 1.70. The molecule has 0 aliphatic heterocycles. The second kappa shape index (κ2) is 3.19. The normalized spacial score (nSPS) is 10.0. The van der Waals surface area contributed by atoms with Crippen LogP contribution in [0.25, 0.3) is 0 Å². The predicted octanol–water partition coefficient (Wildman–Crippen LogP) is 4.30. The number of rotatable bonds is 0. The van der Waals surface area contributed by atoms with Crippen LogP contribution in [0.4, 0.5) is 0 Å². The molecule has 0 aliphatic rings. The largest absolute Gasteiger partial charge is 0.0827 e. The fourth-order valence-electron chi connectivity index (χ4n) is 0.498. The van der Waals surface area contributed by atoms with Gasteiger partial charge in [0.2, 0.25) is 0 Å². The van der Waals surface area contributed by atoms with Gasteiger partial charge in [0.1, 0.15) is 0 Å². The maximum atomic E-state index is 5.61. The van der Waals surface area contributed by atoms with Crippen LogP contribution in [-0.2, 0) is 0 Å². The topological polar surface area (TPSA) is 0 Å². The van der Waals surface area contributed by atoms with E-state index in [2.05, 4.69) is 0 Å². The Hall–Kier alpha value is 0.380. The number of benzene rings is 1. The van der Waals surface area contributed by atoms with Crippen molar-refractivity contribution in [3.63, 3.8) is 0 Å². The first-order chi connectivity index (χ1) is 4.61. The molecule has 0 spiro atoms. The summed E-state index contributed by atoms with van der Waals surface area (Å²) in [6.45, 7) is 0. The number of hydrogen-bond donors (Lipinski definition) is 0. The second-order valence-electron chi connectivity index (χ2n) is 1.68. The van der Waals surface area contributed by atoms with Crippen LogP contribution in [0.5, 0.6) is 0 Å². The van der Waals surface area contributed by atoms with E-state index in [0.29, 0.717) is 20.1 Å². The van der Waals surface area contributed by atoms with Gasteiger partial charge in [0.05, 0.1) is 20.1 Å². The van der Waals surface area contributed by atoms with E-state index in [0.717, 1.165) is 0 Å². The molecule has 0 heterocycles. The molecule has 0 aliphatic carbocycles. The van der Waals surface area contributed by atoms with E-state index < -0.39 is 0 Å². The third kappa shape index (κ3) is 1.70. The predicted molar refractivity (Wildman–Crippen MR) is 46.5 cm³/mol. The van der Waals surface area contributed by atoms with Crippen LogP contribution in [0.1, 0.15) is 0 Å². The number of hydrogen-bond acceptors (Lipinski definition) is 0. The first kappa shape index (κ1) is 8.48. The summed E-state index contributed by atoms with van der Waals surface area (Å²) >= 11 is 22.4. The van der Waals surface area contributed by atoms with Gasteiger partial charge in [-0.05, 0) is 12.1 Å². The zero-order chi connectivity index (χ0) is 7.72. The van der Waals surface area contributed by atoms with Gasteiger partial charge in [0.15, 0.2) is 0 Å². The highest BCUT2D eigenvalue weighted by molar-refractivity contribution is 6.47. The highest BCUT2D eigenvalue weighted by Crippen LogP contribution is 2.31. The molecule has 0 unspecified atom stereocenters. The second-order valence-corrected chi connectivity index (χ2v) is 3.31. The van der Waals surface area contributed by atoms with E-state index in [-0.39, 0.29) is 0 Å². The van der Waals surface area contributed by atoms with E-state index in [1.807, 2.05) is 0 Å². The minimum Gasteiger partial charge on any atom is -0.0827 e. The molecule has 0 fully saturated rings. The molecule has 0 amide bonds.